The monoisotopic (exact) mass is 493 g/mol. The molecular formula is C31H31N3O3. The smallest absolute Gasteiger partial charge is 0.337 e. The van der Waals surface area contributed by atoms with Crippen molar-refractivity contribution >= 4 is 28.3 Å². The second-order valence-corrected chi connectivity index (χ2v) is 9.86. The second-order valence-electron chi connectivity index (χ2n) is 9.86. The Morgan fingerprint density at radius 1 is 0.946 bits per heavy atom. The SMILES string of the molecule is CC(NC1CCCC(c2ccc(C(=O)Nc3cncc(C(=O)O)c3)cc2)C1)c1cccc2ccccc12. The third-order valence-corrected chi connectivity index (χ3v) is 7.34. The maximum atomic E-state index is 12.7. The first-order valence-corrected chi connectivity index (χ1v) is 12.8. The molecule has 3 atom stereocenters. The van der Waals surface area contributed by atoms with Gasteiger partial charge in [-0.1, -0.05) is 61.0 Å². The van der Waals surface area contributed by atoms with Gasteiger partial charge in [-0.2, -0.15) is 0 Å². The minimum atomic E-state index is -1.08. The number of hydrogen-bond acceptors (Lipinski definition) is 4. The summed E-state index contributed by atoms with van der Waals surface area (Å²) < 4.78 is 0. The van der Waals surface area contributed by atoms with E-state index >= 15 is 0 Å². The van der Waals surface area contributed by atoms with Crippen molar-refractivity contribution < 1.29 is 14.7 Å². The van der Waals surface area contributed by atoms with Crippen LogP contribution in [0, 0.1) is 0 Å². The standard InChI is InChI=1S/C31H31N3O3/c1-20(28-11-5-7-22-6-2-3-10-29(22)28)33-26-9-4-8-24(16-26)21-12-14-23(15-13-21)30(35)34-27-17-25(31(36)37)18-32-19-27/h2-3,5-7,10-15,17-20,24,26,33H,4,8-9,16H2,1H3,(H,34,35)(H,36,37). The molecule has 4 aromatic rings. The first kappa shape index (κ1) is 24.7. The number of nitrogens with zero attached hydrogens (tertiary/aromatic N) is 1. The van der Waals surface area contributed by atoms with Crippen molar-refractivity contribution in [2.75, 3.05) is 5.32 Å². The summed E-state index contributed by atoms with van der Waals surface area (Å²) in [5.41, 5.74) is 3.49. The summed E-state index contributed by atoms with van der Waals surface area (Å²) in [5, 5.41) is 18.3. The van der Waals surface area contributed by atoms with E-state index in [4.69, 9.17) is 5.11 Å². The number of carbonyl (C=O) groups is 2. The van der Waals surface area contributed by atoms with Crippen LogP contribution in [0.5, 0.6) is 0 Å². The van der Waals surface area contributed by atoms with Crippen LogP contribution in [0.15, 0.2) is 85.2 Å². The van der Waals surface area contributed by atoms with Crippen LogP contribution in [0.2, 0.25) is 0 Å². The van der Waals surface area contributed by atoms with Crippen molar-refractivity contribution in [3.63, 3.8) is 0 Å². The molecule has 0 radical (unpaired) electrons. The average molecular weight is 494 g/mol. The van der Waals surface area contributed by atoms with E-state index in [0.717, 1.165) is 19.3 Å². The van der Waals surface area contributed by atoms with Crippen LogP contribution in [0.3, 0.4) is 0 Å². The first-order chi connectivity index (χ1) is 18.0. The van der Waals surface area contributed by atoms with Crippen molar-refractivity contribution in [2.45, 2.75) is 50.6 Å². The zero-order chi connectivity index (χ0) is 25.8. The van der Waals surface area contributed by atoms with Gasteiger partial charge in [0, 0.05) is 23.8 Å². The van der Waals surface area contributed by atoms with Crippen molar-refractivity contribution in [3.05, 3.63) is 107 Å². The highest BCUT2D eigenvalue weighted by atomic mass is 16.4. The minimum absolute atomic E-state index is 0.0309. The van der Waals surface area contributed by atoms with Crippen LogP contribution in [0.4, 0.5) is 5.69 Å². The molecule has 188 valence electrons. The Balaban J connectivity index is 1.22. The number of pyridine rings is 1. The van der Waals surface area contributed by atoms with Crippen LogP contribution in [0.25, 0.3) is 10.8 Å². The molecule has 6 heteroatoms. The topological polar surface area (TPSA) is 91.3 Å². The number of carboxylic acid groups (broad SMARTS) is 1. The van der Waals surface area contributed by atoms with Crippen molar-refractivity contribution in [1.82, 2.24) is 10.3 Å². The molecule has 1 aliphatic carbocycles. The highest BCUT2D eigenvalue weighted by Crippen LogP contribution is 2.34. The number of benzene rings is 3. The third-order valence-electron chi connectivity index (χ3n) is 7.34. The molecule has 5 rings (SSSR count). The van der Waals surface area contributed by atoms with E-state index in [2.05, 4.69) is 65.0 Å². The summed E-state index contributed by atoms with van der Waals surface area (Å²) in [7, 11) is 0. The molecule has 1 aromatic heterocycles. The van der Waals surface area contributed by atoms with Gasteiger partial charge in [0.2, 0.25) is 0 Å². The van der Waals surface area contributed by atoms with E-state index in [9.17, 15) is 9.59 Å². The number of hydrogen-bond donors (Lipinski definition) is 3. The number of aromatic nitrogens is 1. The molecule has 1 fully saturated rings. The summed E-state index contributed by atoms with van der Waals surface area (Å²) >= 11 is 0. The van der Waals surface area contributed by atoms with Gasteiger partial charge in [0.05, 0.1) is 17.4 Å². The molecule has 0 bridgehead atoms. The fraction of sp³-hybridized carbons (Fsp3) is 0.258. The lowest BCUT2D eigenvalue weighted by atomic mass is 9.80. The quantitative estimate of drug-likeness (QED) is 0.271. The van der Waals surface area contributed by atoms with Gasteiger partial charge < -0.3 is 15.7 Å². The number of nitrogens with one attached hydrogen (secondary N) is 2. The fourth-order valence-electron chi connectivity index (χ4n) is 5.45. The number of carboxylic acids is 1. The molecule has 0 saturated heterocycles. The molecule has 0 aliphatic heterocycles. The van der Waals surface area contributed by atoms with E-state index in [1.165, 1.54) is 46.8 Å². The highest BCUT2D eigenvalue weighted by molar-refractivity contribution is 6.04. The van der Waals surface area contributed by atoms with Crippen LogP contribution in [0.1, 0.15) is 76.4 Å². The molecule has 3 aromatic carbocycles. The molecule has 37 heavy (non-hydrogen) atoms. The van der Waals surface area contributed by atoms with Crippen LogP contribution < -0.4 is 10.6 Å². The lowest BCUT2D eigenvalue weighted by molar-refractivity contribution is 0.0696. The Kier molecular flexibility index (Phi) is 7.28. The number of fused-ring (bicyclic) bond motifs is 1. The lowest BCUT2D eigenvalue weighted by Gasteiger charge is -2.32. The second kappa shape index (κ2) is 10.9. The van der Waals surface area contributed by atoms with E-state index in [1.54, 1.807) is 0 Å². The molecule has 3 unspecified atom stereocenters. The first-order valence-electron chi connectivity index (χ1n) is 12.8. The molecule has 0 spiro atoms. The van der Waals surface area contributed by atoms with E-state index in [-0.39, 0.29) is 17.5 Å². The van der Waals surface area contributed by atoms with Gasteiger partial charge in [-0.25, -0.2) is 4.79 Å². The Morgan fingerprint density at radius 3 is 2.54 bits per heavy atom. The van der Waals surface area contributed by atoms with Crippen molar-refractivity contribution in [3.8, 4) is 0 Å². The zero-order valence-corrected chi connectivity index (χ0v) is 20.9. The number of aromatic carboxylic acids is 1. The molecular weight excluding hydrogens is 462 g/mol. The Bertz CT molecular complexity index is 1410. The normalized spacial score (nSPS) is 18.3. The van der Waals surface area contributed by atoms with Crippen LogP contribution >= 0.6 is 0 Å². The molecule has 1 heterocycles. The molecule has 1 amide bonds. The van der Waals surface area contributed by atoms with Gasteiger partial charge in [-0.3, -0.25) is 9.78 Å². The van der Waals surface area contributed by atoms with Crippen LogP contribution in [-0.4, -0.2) is 28.0 Å². The molecule has 3 N–H and O–H groups in total. The van der Waals surface area contributed by atoms with E-state index in [0.29, 0.717) is 23.2 Å². The number of carbonyl (C=O) groups excluding carboxylic acids is 1. The van der Waals surface area contributed by atoms with Crippen molar-refractivity contribution in [2.24, 2.45) is 0 Å². The van der Waals surface area contributed by atoms with Gasteiger partial charge in [0.1, 0.15) is 0 Å². The largest absolute Gasteiger partial charge is 0.478 e. The molecule has 1 saturated carbocycles. The van der Waals surface area contributed by atoms with Gasteiger partial charge in [-0.15, -0.1) is 0 Å². The van der Waals surface area contributed by atoms with E-state index in [1.807, 2.05) is 24.3 Å². The highest BCUT2D eigenvalue weighted by Gasteiger charge is 2.25. The predicted octanol–water partition coefficient (Wildman–Crippen LogP) is 6.56. The third kappa shape index (κ3) is 5.70. The Morgan fingerprint density at radius 2 is 1.73 bits per heavy atom. The Hall–Kier alpha value is -4.03. The fourth-order valence-corrected chi connectivity index (χ4v) is 5.45. The summed E-state index contributed by atoms with van der Waals surface area (Å²) in [4.78, 5) is 27.7. The summed E-state index contributed by atoms with van der Waals surface area (Å²) in [6.07, 6.45) is 7.22. The maximum absolute atomic E-state index is 12.7. The minimum Gasteiger partial charge on any atom is -0.478 e. The number of anilines is 1. The number of rotatable bonds is 7. The maximum Gasteiger partial charge on any atom is 0.337 e. The Labute approximate surface area is 216 Å². The lowest BCUT2D eigenvalue weighted by Crippen LogP contribution is -2.35. The summed E-state index contributed by atoms with van der Waals surface area (Å²) in [5.74, 6) is -0.928. The zero-order valence-electron chi connectivity index (χ0n) is 20.9. The summed E-state index contributed by atoms with van der Waals surface area (Å²) in [6, 6.07) is 24.9. The van der Waals surface area contributed by atoms with Crippen molar-refractivity contribution in [1.29, 1.82) is 0 Å². The van der Waals surface area contributed by atoms with E-state index < -0.39 is 5.97 Å². The summed E-state index contributed by atoms with van der Waals surface area (Å²) in [6.45, 7) is 2.25. The van der Waals surface area contributed by atoms with Gasteiger partial charge in [0.15, 0.2) is 0 Å². The number of amides is 1. The average Bonchev–Trinajstić information content (AvgIpc) is 2.93. The van der Waals surface area contributed by atoms with Gasteiger partial charge in [-0.05, 0) is 72.2 Å². The van der Waals surface area contributed by atoms with Gasteiger partial charge >= 0.3 is 5.97 Å². The predicted molar refractivity (Wildman–Crippen MR) is 146 cm³/mol. The van der Waals surface area contributed by atoms with Gasteiger partial charge in [0.25, 0.3) is 5.91 Å². The molecule has 6 nitrogen and oxygen atoms in total. The van der Waals surface area contributed by atoms with Crippen LogP contribution in [-0.2, 0) is 0 Å². The molecule has 1 aliphatic rings.